The molecule has 5 N–H and O–H groups in total. The van der Waals surface area contributed by atoms with Crippen LogP contribution in [-0.4, -0.2) is 43.7 Å². The number of carbonyl (C=O) groups excluding carboxylic acids is 1. The Hall–Kier alpha value is -1.38. The summed E-state index contributed by atoms with van der Waals surface area (Å²) in [4.78, 5) is 17.4. The fourth-order valence-corrected chi connectivity index (χ4v) is 0.545. The van der Waals surface area contributed by atoms with Crippen molar-refractivity contribution in [1.82, 2.24) is 5.43 Å². The van der Waals surface area contributed by atoms with Gasteiger partial charge in [0.25, 0.3) is 0 Å². The van der Waals surface area contributed by atoms with Crippen LogP contribution in [0, 0.1) is 0 Å². The number of hydrazine groups is 1. The average Bonchev–Trinajstić information content (AvgIpc) is 2.83. The number of carbonyl (C=O) groups is 1. The van der Waals surface area contributed by atoms with E-state index < -0.39 is 0 Å². The summed E-state index contributed by atoms with van der Waals surface area (Å²) in [7, 11) is 1.64. The molecule has 0 aromatic rings. The Morgan fingerprint density at radius 3 is 2.53 bits per heavy atom. The normalized spacial score (nSPS) is 11.4. The van der Waals surface area contributed by atoms with Gasteiger partial charge in [-0.3, -0.25) is 15.2 Å². The van der Waals surface area contributed by atoms with E-state index in [4.69, 9.17) is 15.3 Å². The zero-order valence-electron chi connectivity index (χ0n) is 10.0. The first kappa shape index (κ1) is 18.0. The molecule has 0 saturated heterocycles. The van der Waals surface area contributed by atoms with Crippen LogP contribution in [-0.2, 0) is 9.53 Å². The fraction of sp³-hybridized carbons (Fsp3) is 0.556. The van der Waals surface area contributed by atoms with Gasteiger partial charge in [-0.05, 0) is 6.42 Å². The van der Waals surface area contributed by atoms with Crippen molar-refractivity contribution in [3.63, 3.8) is 0 Å². The maximum Gasteiger partial charge on any atom is 0.221 e. The van der Waals surface area contributed by atoms with Crippen LogP contribution < -0.4 is 17.0 Å². The number of nitrogens with two attached hydrogens (primary N) is 2. The third kappa shape index (κ3) is 17.2. The highest BCUT2D eigenvalue weighted by atomic mass is 32.1. The molecule has 0 radical (unpaired) electrons. The van der Waals surface area contributed by atoms with Crippen molar-refractivity contribution in [3.05, 3.63) is 0 Å². The highest BCUT2D eigenvalue weighted by Gasteiger charge is 1.96. The quantitative estimate of drug-likeness (QED) is 0.205. The lowest BCUT2D eigenvalue weighted by molar-refractivity contribution is -0.109. The molecule has 0 spiro atoms. The minimum atomic E-state index is 0.403. The van der Waals surface area contributed by atoms with Gasteiger partial charge < -0.3 is 10.5 Å². The molecule has 0 unspecified atom stereocenters. The van der Waals surface area contributed by atoms with E-state index in [2.05, 4.69) is 28.0 Å². The zero-order chi connectivity index (χ0) is 13.5. The largest absolute Gasteiger partial charge is 0.393 e. The van der Waals surface area contributed by atoms with Gasteiger partial charge in [-0.1, -0.05) is 19.1 Å². The number of amidine groups is 1. The van der Waals surface area contributed by atoms with Gasteiger partial charge in [-0.2, -0.15) is 0 Å². The molecule has 0 aromatic carbocycles. The summed E-state index contributed by atoms with van der Waals surface area (Å²) in [6.07, 6.45) is 2.99. The molecule has 1 aliphatic heterocycles. The summed E-state index contributed by atoms with van der Waals surface area (Å²) in [6, 6.07) is 0. The summed E-state index contributed by atoms with van der Waals surface area (Å²) >= 11 is 4.47. The average molecular weight is 261 g/mol. The van der Waals surface area contributed by atoms with Crippen molar-refractivity contribution >= 4 is 35.7 Å². The molecule has 7 nitrogen and oxygen atoms in total. The Labute approximate surface area is 106 Å². The van der Waals surface area contributed by atoms with E-state index in [0.29, 0.717) is 18.0 Å². The molecule has 0 aromatic heterocycles. The van der Waals surface area contributed by atoms with E-state index in [-0.39, 0.29) is 0 Å². The number of rotatable bonds is 4. The molecule has 98 valence electrons. The second kappa shape index (κ2) is 14.6. The van der Waals surface area contributed by atoms with Crippen molar-refractivity contribution < 1.29 is 9.53 Å². The van der Waals surface area contributed by atoms with Crippen LogP contribution in [0.1, 0.15) is 13.3 Å². The predicted octanol–water partition coefficient (Wildman–Crippen LogP) is -0.596. The first-order chi connectivity index (χ1) is 8.12. The number of thiocarbonyl (C=S) groups is 1. The summed E-state index contributed by atoms with van der Waals surface area (Å²) in [5.41, 5.74) is 6.77. The maximum absolute atomic E-state index is 8.94. The molecule has 8 heteroatoms. The Bertz CT molecular complexity index is 268. The van der Waals surface area contributed by atoms with E-state index in [9.17, 15) is 0 Å². The lowest BCUT2D eigenvalue weighted by atomic mass is 10.5. The Morgan fingerprint density at radius 2 is 2.29 bits per heavy atom. The Morgan fingerprint density at radius 1 is 1.76 bits per heavy atom. The van der Waals surface area contributed by atoms with E-state index >= 15 is 0 Å². The number of hydrogen-bond acceptors (Lipinski definition) is 6. The van der Waals surface area contributed by atoms with E-state index in [1.165, 1.54) is 0 Å². The zero-order valence-corrected chi connectivity index (χ0v) is 10.9. The third-order valence-corrected chi connectivity index (χ3v) is 1.57. The molecule has 0 bridgehead atoms. The van der Waals surface area contributed by atoms with Crippen LogP contribution in [0.3, 0.4) is 0 Å². The van der Waals surface area contributed by atoms with Gasteiger partial charge >= 0.3 is 0 Å². The highest BCUT2D eigenvalue weighted by Crippen LogP contribution is 1.87. The van der Waals surface area contributed by atoms with E-state index in [1.54, 1.807) is 18.8 Å². The third-order valence-electron chi connectivity index (χ3n) is 1.29. The van der Waals surface area contributed by atoms with Gasteiger partial charge in [0.2, 0.25) is 6.41 Å². The Balaban J connectivity index is 0. The van der Waals surface area contributed by atoms with Crippen LogP contribution in [0.15, 0.2) is 9.98 Å². The van der Waals surface area contributed by atoms with Gasteiger partial charge in [0.15, 0.2) is 0 Å². The van der Waals surface area contributed by atoms with Gasteiger partial charge in [0, 0.05) is 13.3 Å². The number of nitrogens with zero attached hydrogens (tertiary/aromatic N) is 2. The number of methoxy groups -OCH3 is 1. The van der Waals surface area contributed by atoms with Crippen LogP contribution in [0.4, 0.5) is 0 Å². The molecule has 0 saturated carbocycles. The molecule has 1 heterocycles. The maximum atomic E-state index is 8.94. The van der Waals surface area contributed by atoms with Crippen LogP contribution in [0.25, 0.3) is 0 Å². The van der Waals surface area contributed by atoms with Gasteiger partial charge in [-0.25, -0.2) is 10.8 Å². The predicted molar refractivity (Wildman–Crippen MR) is 73.1 cm³/mol. The number of nitrogens with one attached hydrogen (secondary N) is 1. The molecular weight excluding hydrogens is 242 g/mol. The summed E-state index contributed by atoms with van der Waals surface area (Å²) < 4.78 is 4.78. The summed E-state index contributed by atoms with van der Waals surface area (Å²) in [6.45, 7) is 3.19. The molecular formula is C9H19N5O2S. The van der Waals surface area contributed by atoms with Crippen molar-refractivity contribution in [2.45, 2.75) is 13.3 Å². The molecule has 0 aliphatic carbocycles. The van der Waals surface area contributed by atoms with Crippen LogP contribution in [0.2, 0.25) is 0 Å². The van der Waals surface area contributed by atoms with Gasteiger partial charge in [0.05, 0.1) is 11.5 Å². The number of aliphatic imine (C=N–C) groups is 2. The van der Waals surface area contributed by atoms with Crippen LogP contribution >= 0.6 is 12.2 Å². The number of amides is 1. The number of ether oxygens (including phenoxy) is 1. The first-order valence-electron chi connectivity index (χ1n) is 4.85. The summed E-state index contributed by atoms with van der Waals surface area (Å²) in [5, 5.41) is 0. The summed E-state index contributed by atoms with van der Waals surface area (Å²) in [5.74, 6) is 5.21. The van der Waals surface area contributed by atoms with Crippen molar-refractivity contribution in [2.24, 2.45) is 21.6 Å². The lowest BCUT2D eigenvalue weighted by Crippen LogP contribution is -2.18. The SMILES string of the molecule is CCC(N)=S.COCC1=NCC=N1.NNC=O. The lowest BCUT2D eigenvalue weighted by Gasteiger charge is -1.90. The smallest absolute Gasteiger partial charge is 0.221 e. The molecule has 1 amide bonds. The van der Waals surface area contributed by atoms with Gasteiger partial charge in [-0.15, -0.1) is 0 Å². The first-order valence-corrected chi connectivity index (χ1v) is 5.26. The van der Waals surface area contributed by atoms with Crippen molar-refractivity contribution in [3.8, 4) is 0 Å². The Kier molecular flexibility index (Phi) is 15.5. The number of hydrogen-bond donors (Lipinski definition) is 3. The topological polar surface area (TPSA) is 115 Å². The van der Waals surface area contributed by atoms with E-state index in [0.717, 1.165) is 18.8 Å². The molecule has 1 rings (SSSR count). The molecule has 0 fully saturated rings. The standard InChI is InChI=1S/C5H8N2O.C3H7NS.CH4N2O/c1-8-4-5-6-2-3-7-5;1-2-3(4)5;2-3-1-4/h2H,3-4H2,1H3;2H2,1H3,(H2,4,5);1H,2H2,(H,3,4). The monoisotopic (exact) mass is 261 g/mol. The van der Waals surface area contributed by atoms with Crippen molar-refractivity contribution in [2.75, 3.05) is 20.3 Å². The second-order valence-electron chi connectivity index (χ2n) is 2.61. The highest BCUT2D eigenvalue weighted by molar-refractivity contribution is 7.80. The fourth-order valence-electron chi connectivity index (χ4n) is 0.545. The second-order valence-corrected chi connectivity index (χ2v) is 3.13. The van der Waals surface area contributed by atoms with Crippen molar-refractivity contribution in [1.29, 1.82) is 0 Å². The van der Waals surface area contributed by atoms with E-state index in [1.807, 2.05) is 6.92 Å². The molecule has 0 atom stereocenters. The minimum absolute atomic E-state index is 0.403. The minimum Gasteiger partial charge on any atom is -0.393 e. The van der Waals surface area contributed by atoms with Crippen LogP contribution in [0.5, 0.6) is 0 Å². The van der Waals surface area contributed by atoms with Gasteiger partial charge in [0.1, 0.15) is 12.4 Å². The molecule has 1 aliphatic rings. The molecule has 17 heavy (non-hydrogen) atoms.